The van der Waals surface area contributed by atoms with Gasteiger partial charge >= 0.3 is 12.1 Å². The zero-order valence-corrected chi connectivity index (χ0v) is 18.0. The lowest BCUT2D eigenvalue weighted by Gasteiger charge is -2.32. The highest BCUT2D eigenvalue weighted by molar-refractivity contribution is 6.06. The van der Waals surface area contributed by atoms with Gasteiger partial charge in [0.1, 0.15) is 12.4 Å². The molecule has 174 valence electrons. The van der Waals surface area contributed by atoms with Gasteiger partial charge in [0, 0.05) is 29.7 Å². The second-order valence-electron chi connectivity index (χ2n) is 7.42. The number of halogens is 3. The molecule has 0 unspecified atom stereocenters. The summed E-state index contributed by atoms with van der Waals surface area (Å²) in [5.41, 5.74) is 0.452. The van der Waals surface area contributed by atoms with Gasteiger partial charge in [0.15, 0.2) is 11.5 Å². The zero-order valence-electron chi connectivity index (χ0n) is 18.0. The van der Waals surface area contributed by atoms with E-state index in [1.165, 1.54) is 38.4 Å². The normalized spacial score (nSPS) is 18.2. The second kappa shape index (κ2) is 8.34. The van der Waals surface area contributed by atoms with Crippen LogP contribution in [0.5, 0.6) is 17.2 Å². The summed E-state index contributed by atoms with van der Waals surface area (Å²) in [7, 11) is 4.38. The first-order valence-corrected chi connectivity index (χ1v) is 9.89. The Morgan fingerprint density at radius 1 is 0.939 bits per heavy atom. The fraction of sp³-hybridized carbons (Fsp3) is 0.304. The molecule has 0 radical (unpaired) electrons. The molecule has 33 heavy (non-hydrogen) atoms. The van der Waals surface area contributed by atoms with Gasteiger partial charge in [-0.25, -0.2) is 4.79 Å². The summed E-state index contributed by atoms with van der Waals surface area (Å²) in [5, 5.41) is 0. The maximum Gasteiger partial charge on any atom is 0.416 e. The average molecular weight is 463 g/mol. The van der Waals surface area contributed by atoms with Gasteiger partial charge in [-0.3, -0.25) is 9.69 Å². The van der Waals surface area contributed by atoms with Gasteiger partial charge in [-0.2, -0.15) is 13.2 Å². The topological polar surface area (TPSA) is 74.3 Å². The number of alkyl halides is 3. The van der Waals surface area contributed by atoms with E-state index in [1.807, 2.05) is 0 Å². The largest absolute Gasteiger partial charge is 0.496 e. The van der Waals surface area contributed by atoms with Gasteiger partial charge in [-0.05, 0) is 30.3 Å². The van der Waals surface area contributed by atoms with Crippen molar-refractivity contribution in [1.29, 1.82) is 0 Å². The molecule has 0 aromatic heterocycles. The first-order chi connectivity index (χ1) is 15.7. The molecular weight excluding hydrogens is 443 g/mol. The quantitative estimate of drug-likeness (QED) is 0.623. The number of rotatable bonds is 5. The Kier molecular flexibility index (Phi) is 5.69. The summed E-state index contributed by atoms with van der Waals surface area (Å²) in [5.74, 6) is -0.498. The number of anilines is 1. The molecule has 0 spiro atoms. The summed E-state index contributed by atoms with van der Waals surface area (Å²) in [6.07, 6.45) is -4.63. The number of hydrogen-bond donors (Lipinski definition) is 0. The zero-order chi connectivity index (χ0) is 23.9. The number of carbonyl (C=O) groups is 2. The molecule has 2 heterocycles. The number of esters is 1. The van der Waals surface area contributed by atoms with Crippen molar-refractivity contribution in [1.82, 2.24) is 0 Å². The molecule has 2 aliphatic heterocycles. The van der Waals surface area contributed by atoms with E-state index in [0.717, 1.165) is 12.1 Å². The van der Waals surface area contributed by atoms with Crippen LogP contribution in [0.1, 0.15) is 23.5 Å². The third kappa shape index (κ3) is 3.85. The molecule has 1 amide bonds. The lowest BCUT2D eigenvalue weighted by atomic mass is 9.83. The van der Waals surface area contributed by atoms with Crippen LogP contribution in [-0.2, 0) is 20.5 Å². The van der Waals surface area contributed by atoms with Crippen molar-refractivity contribution in [3.8, 4) is 17.2 Å². The van der Waals surface area contributed by atoms with Gasteiger partial charge in [0.25, 0.3) is 0 Å². The Labute approximate surface area is 187 Å². The molecule has 4 rings (SSSR count). The Hall–Kier alpha value is -3.69. The Bertz CT molecular complexity index is 1140. The maximum absolute atomic E-state index is 13.2. The van der Waals surface area contributed by atoms with Crippen molar-refractivity contribution in [2.75, 3.05) is 32.8 Å². The van der Waals surface area contributed by atoms with Crippen LogP contribution in [0.25, 0.3) is 0 Å². The summed E-state index contributed by atoms with van der Waals surface area (Å²) >= 11 is 0. The number of methoxy groups -OCH3 is 3. The van der Waals surface area contributed by atoms with Gasteiger partial charge in [0.2, 0.25) is 5.91 Å². The van der Waals surface area contributed by atoms with E-state index in [1.54, 1.807) is 12.1 Å². The lowest BCUT2D eigenvalue weighted by Crippen LogP contribution is -2.37. The van der Waals surface area contributed by atoms with Gasteiger partial charge in [-0.1, -0.05) is 0 Å². The van der Waals surface area contributed by atoms with Crippen molar-refractivity contribution >= 4 is 17.6 Å². The van der Waals surface area contributed by atoms with Crippen LogP contribution < -0.4 is 19.1 Å². The van der Waals surface area contributed by atoms with Crippen LogP contribution in [-0.4, -0.2) is 39.8 Å². The molecule has 2 aromatic carbocycles. The first kappa shape index (κ1) is 22.5. The highest BCUT2D eigenvalue weighted by atomic mass is 19.4. The minimum atomic E-state index is -4.50. The van der Waals surface area contributed by atoms with E-state index < -0.39 is 29.5 Å². The van der Waals surface area contributed by atoms with E-state index in [0.29, 0.717) is 22.8 Å². The third-order valence-corrected chi connectivity index (χ3v) is 5.68. The number of hydrogen-bond acceptors (Lipinski definition) is 6. The smallest absolute Gasteiger partial charge is 0.416 e. The van der Waals surface area contributed by atoms with Gasteiger partial charge in [0.05, 0.1) is 38.2 Å². The SMILES string of the molecule is COc1cc(OC)c([C@@H]2CC(=O)N(c3ccc(C(F)(F)F)cc3)C3=C2C(=O)OC3)cc1OC. The maximum atomic E-state index is 13.2. The standard InChI is InChI=1S/C23H20F3NO6/c1-30-17-10-19(32-3)18(31-2)8-14(17)15-9-20(28)27(16-11-33-22(29)21(15)16)13-6-4-12(5-7-13)23(24,25)26/h4-8,10,15H,9,11H2,1-3H3/t15-/m0/s1. The van der Waals surface area contributed by atoms with Crippen LogP contribution >= 0.6 is 0 Å². The molecule has 2 aromatic rings. The second-order valence-corrected chi connectivity index (χ2v) is 7.42. The summed E-state index contributed by atoms with van der Waals surface area (Å²) < 4.78 is 60.2. The van der Waals surface area contributed by atoms with Crippen molar-refractivity contribution in [3.63, 3.8) is 0 Å². The monoisotopic (exact) mass is 463 g/mol. The van der Waals surface area contributed by atoms with Gasteiger partial charge < -0.3 is 18.9 Å². The molecule has 0 N–H and O–H groups in total. The molecule has 10 heteroatoms. The van der Waals surface area contributed by atoms with E-state index in [9.17, 15) is 22.8 Å². The van der Waals surface area contributed by atoms with E-state index in [2.05, 4.69) is 0 Å². The van der Waals surface area contributed by atoms with E-state index in [-0.39, 0.29) is 30.0 Å². The molecule has 2 aliphatic rings. The van der Waals surface area contributed by atoms with E-state index >= 15 is 0 Å². The van der Waals surface area contributed by atoms with Crippen LogP contribution in [0.4, 0.5) is 18.9 Å². The molecule has 0 aliphatic carbocycles. The summed E-state index contributed by atoms with van der Waals surface area (Å²) in [6.45, 7) is -0.174. The number of cyclic esters (lactones) is 1. The highest BCUT2D eigenvalue weighted by Crippen LogP contribution is 2.47. The van der Waals surface area contributed by atoms with Crippen molar-refractivity contribution in [2.24, 2.45) is 0 Å². The minimum absolute atomic E-state index is 0.124. The third-order valence-electron chi connectivity index (χ3n) is 5.68. The van der Waals surface area contributed by atoms with Crippen molar-refractivity contribution in [3.05, 3.63) is 58.8 Å². The molecule has 7 nitrogen and oxygen atoms in total. The Balaban J connectivity index is 1.82. The molecule has 1 atom stereocenters. The fourth-order valence-corrected chi connectivity index (χ4v) is 4.14. The predicted octanol–water partition coefficient (Wildman–Crippen LogP) is 4.06. The predicted molar refractivity (Wildman–Crippen MR) is 110 cm³/mol. The van der Waals surface area contributed by atoms with Gasteiger partial charge in [-0.15, -0.1) is 0 Å². The van der Waals surface area contributed by atoms with Crippen LogP contribution in [0.15, 0.2) is 47.7 Å². The summed E-state index contributed by atoms with van der Waals surface area (Å²) in [4.78, 5) is 27.1. The number of ether oxygens (including phenoxy) is 4. The molecule has 0 saturated heterocycles. The lowest BCUT2D eigenvalue weighted by molar-refractivity contribution is -0.138. The molecule has 0 saturated carbocycles. The number of carbonyl (C=O) groups excluding carboxylic acids is 2. The number of nitrogens with zero attached hydrogens (tertiary/aromatic N) is 1. The summed E-state index contributed by atoms with van der Waals surface area (Å²) in [6, 6.07) is 7.42. The van der Waals surface area contributed by atoms with Crippen LogP contribution in [0.3, 0.4) is 0 Å². The van der Waals surface area contributed by atoms with Crippen LogP contribution in [0, 0.1) is 0 Å². The number of amides is 1. The highest BCUT2D eigenvalue weighted by Gasteiger charge is 2.44. The average Bonchev–Trinajstić information content (AvgIpc) is 3.18. The molecular formula is C23H20F3NO6. The minimum Gasteiger partial charge on any atom is -0.496 e. The number of benzene rings is 2. The van der Waals surface area contributed by atoms with Crippen LogP contribution in [0.2, 0.25) is 0 Å². The van der Waals surface area contributed by atoms with Crippen molar-refractivity contribution in [2.45, 2.75) is 18.5 Å². The van der Waals surface area contributed by atoms with E-state index in [4.69, 9.17) is 18.9 Å². The molecule has 0 fully saturated rings. The molecule has 0 bridgehead atoms. The Morgan fingerprint density at radius 2 is 1.55 bits per heavy atom. The van der Waals surface area contributed by atoms with Crippen molar-refractivity contribution < 1.29 is 41.7 Å². The first-order valence-electron chi connectivity index (χ1n) is 9.89. The fourth-order valence-electron chi connectivity index (χ4n) is 4.14. The Morgan fingerprint density at radius 3 is 2.12 bits per heavy atom.